The molecular formula is C24H27N3OS. The standard InChI is InChI=1S/C24H27N3OS/c1-2-24-10-7-17(13-18(24)14-24)19-5-3-4-6-20(19)26-22(28)21-15-29-23(27-21)16-8-11-25-12-9-16/h3-7,10,13,15-16,18,25H,2,8-9,11-12,14H2,1H3,(H,26,28). The van der Waals surface area contributed by atoms with Crippen LogP contribution in [0.4, 0.5) is 5.69 Å². The molecule has 1 saturated carbocycles. The summed E-state index contributed by atoms with van der Waals surface area (Å²) < 4.78 is 0. The number of allylic oxidation sites excluding steroid dienone is 4. The van der Waals surface area contributed by atoms with Crippen molar-refractivity contribution < 1.29 is 4.79 Å². The zero-order chi connectivity index (χ0) is 19.8. The first kappa shape index (κ1) is 18.8. The molecular weight excluding hydrogens is 378 g/mol. The SMILES string of the molecule is CCC12C=CC(c3ccccc3NC(=O)c3csc(C4CCNCC4)n3)=CC1C2. The quantitative estimate of drug-likeness (QED) is 0.716. The van der Waals surface area contributed by atoms with Crippen molar-refractivity contribution in [2.24, 2.45) is 11.3 Å². The lowest BCUT2D eigenvalue weighted by molar-refractivity contribution is 0.102. The molecule has 2 N–H and O–H groups in total. The molecule has 5 rings (SSSR count). The Morgan fingerprint density at radius 2 is 2.14 bits per heavy atom. The summed E-state index contributed by atoms with van der Waals surface area (Å²) in [7, 11) is 0. The lowest BCUT2D eigenvalue weighted by atomic mass is 9.90. The summed E-state index contributed by atoms with van der Waals surface area (Å²) in [5.41, 5.74) is 4.07. The second kappa shape index (κ2) is 7.54. The van der Waals surface area contributed by atoms with Crippen molar-refractivity contribution in [3.05, 3.63) is 64.1 Å². The summed E-state index contributed by atoms with van der Waals surface area (Å²) in [6.07, 6.45) is 11.6. The van der Waals surface area contributed by atoms with Gasteiger partial charge in [-0.25, -0.2) is 4.98 Å². The van der Waals surface area contributed by atoms with Gasteiger partial charge in [-0.2, -0.15) is 0 Å². The van der Waals surface area contributed by atoms with Gasteiger partial charge in [0.2, 0.25) is 0 Å². The third-order valence-electron chi connectivity index (χ3n) is 6.74. The molecule has 29 heavy (non-hydrogen) atoms. The highest BCUT2D eigenvalue weighted by atomic mass is 32.1. The van der Waals surface area contributed by atoms with Crippen LogP contribution in [0.2, 0.25) is 0 Å². The Morgan fingerprint density at radius 1 is 1.31 bits per heavy atom. The van der Waals surface area contributed by atoms with E-state index in [1.165, 1.54) is 18.4 Å². The molecule has 0 bridgehead atoms. The second-order valence-corrected chi connectivity index (χ2v) is 9.34. The number of para-hydroxylation sites is 1. The van der Waals surface area contributed by atoms with Crippen LogP contribution in [-0.4, -0.2) is 24.0 Å². The first-order valence-corrected chi connectivity index (χ1v) is 11.5. The van der Waals surface area contributed by atoms with Crippen LogP contribution < -0.4 is 10.6 Å². The third kappa shape index (κ3) is 3.58. The summed E-state index contributed by atoms with van der Waals surface area (Å²) in [6.45, 7) is 4.33. The van der Waals surface area contributed by atoms with Gasteiger partial charge in [-0.05, 0) is 61.7 Å². The van der Waals surface area contributed by atoms with Gasteiger partial charge < -0.3 is 10.6 Å². The molecule has 2 atom stereocenters. The van der Waals surface area contributed by atoms with Crippen molar-refractivity contribution in [2.75, 3.05) is 18.4 Å². The van der Waals surface area contributed by atoms with Crippen LogP contribution >= 0.6 is 11.3 Å². The Bertz CT molecular complexity index is 986. The van der Waals surface area contributed by atoms with Crippen molar-refractivity contribution in [2.45, 2.75) is 38.5 Å². The smallest absolute Gasteiger partial charge is 0.275 e. The average molecular weight is 406 g/mol. The van der Waals surface area contributed by atoms with E-state index in [4.69, 9.17) is 0 Å². The normalized spacial score (nSPS) is 26.0. The van der Waals surface area contributed by atoms with Gasteiger partial charge in [0.1, 0.15) is 5.69 Å². The summed E-state index contributed by atoms with van der Waals surface area (Å²) in [5.74, 6) is 0.996. The lowest BCUT2D eigenvalue weighted by Gasteiger charge is -2.20. The van der Waals surface area contributed by atoms with Crippen LogP contribution in [0.25, 0.3) is 5.57 Å². The maximum atomic E-state index is 12.9. The minimum absolute atomic E-state index is 0.122. The minimum Gasteiger partial charge on any atom is -0.320 e. The monoisotopic (exact) mass is 405 g/mol. The largest absolute Gasteiger partial charge is 0.320 e. The number of nitrogens with zero attached hydrogens (tertiary/aromatic N) is 1. The molecule has 1 saturated heterocycles. The fourth-order valence-corrected chi connectivity index (χ4v) is 5.65. The van der Waals surface area contributed by atoms with Gasteiger partial charge in [-0.1, -0.05) is 43.4 Å². The van der Waals surface area contributed by atoms with E-state index in [2.05, 4.69) is 46.8 Å². The molecule has 150 valence electrons. The molecule has 0 radical (unpaired) electrons. The average Bonchev–Trinajstić information content (AvgIpc) is 3.28. The Kier molecular flexibility index (Phi) is 4.88. The number of aromatic nitrogens is 1. The predicted octanol–water partition coefficient (Wildman–Crippen LogP) is 5.23. The van der Waals surface area contributed by atoms with E-state index in [-0.39, 0.29) is 5.91 Å². The molecule has 5 heteroatoms. The van der Waals surface area contributed by atoms with Crippen LogP contribution in [0.3, 0.4) is 0 Å². The Hall–Kier alpha value is -2.24. The molecule has 2 aliphatic carbocycles. The molecule has 1 aliphatic heterocycles. The zero-order valence-electron chi connectivity index (χ0n) is 16.8. The van der Waals surface area contributed by atoms with Crippen LogP contribution in [-0.2, 0) is 0 Å². The molecule has 1 aromatic carbocycles. The first-order valence-electron chi connectivity index (χ1n) is 10.7. The highest BCUT2D eigenvalue weighted by Crippen LogP contribution is 2.60. The van der Waals surface area contributed by atoms with Crippen molar-refractivity contribution in [3.8, 4) is 0 Å². The number of hydrogen-bond donors (Lipinski definition) is 2. The number of thiazole rings is 1. The predicted molar refractivity (Wildman–Crippen MR) is 119 cm³/mol. The van der Waals surface area contributed by atoms with Crippen molar-refractivity contribution in [1.82, 2.24) is 10.3 Å². The Balaban J connectivity index is 1.33. The van der Waals surface area contributed by atoms with Crippen molar-refractivity contribution in [3.63, 3.8) is 0 Å². The number of anilines is 1. The maximum absolute atomic E-state index is 12.9. The van der Waals surface area contributed by atoms with Gasteiger partial charge in [0.05, 0.1) is 5.01 Å². The Morgan fingerprint density at radius 3 is 2.93 bits per heavy atom. The van der Waals surface area contributed by atoms with E-state index in [1.807, 2.05) is 23.6 Å². The molecule has 0 spiro atoms. The van der Waals surface area contributed by atoms with Crippen LogP contribution in [0.5, 0.6) is 0 Å². The highest BCUT2D eigenvalue weighted by Gasteiger charge is 2.50. The van der Waals surface area contributed by atoms with Crippen LogP contribution in [0, 0.1) is 11.3 Å². The second-order valence-electron chi connectivity index (χ2n) is 8.45. The molecule has 1 amide bonds. The van der Waals surface area contributed by atoms with Crippen molar-refractivity contribution in [1.29, 1.82) is 0 Å². The van der Waals surface area contributed by atoms with E-state index >= 15 is 0 Å². The van der Waals surface area contributed by atoms with Gasteiger partial charge in [-0.3, -0.25) is 4.79 Å². The van der Waals surface area contributed by atoms with Gasteiger partial charge in [0.15, 0.2) is 0 Å². The number of rotatable bonds is 5. The number of carbonyl (C=O) groups is 1. The van der Waals surface area contributed by atoms with Gasteiger partial charge >= 0.3 is 0 Å². The first-order chi connectivity index (χ1) is 14.2. The maximum Gasteiger partial charge on any atom is 0.275 e. The van der Waals surface area contributed by atoms with Crippen molar-refractivity contribution >= 4 is 28.5 Å². The van der Waals surface area contributed by atoms with Gasteiger partial charge in [0, 0.05) is 22.5 Å². The van der Waals surface area contributed by atoms with Gasteiger partial charge in [0.25, 0.3) is 5.91 Å². The summed E-state index contributed by atoms with van der Waals surface area (Å²) in [6, 6.07) is 8.08. The topological polar surface area (TPSA) is 54.0 Å². The highest BCUT2D eigenvalue weighted by molar-refractivity contribution is 7.10. The zero-order valence-corrected chi connectivity index (χ0v) is 17.6. The number of carbonyl (C=O) groups excluding carboxylic acids is 1. The van der Waals surface area contributed by atoms with Gasteiger partial charge in [-0.15, -0.1) is 11.3 Å². The summed E-state index contributed by atoms with van der Waals surface area (Å²) in [5, 5.41) is 9.48. The molecule has 3 aliphatic rings. The number of benzene rings is 1. The van der Waals surface area contributed by atoms with Crippen LogP contribution in [0.1, 0.15) is 59.6 Å². The Labute approximate surface area is 176 Å². The van der Waals surface area contributed by atoms with Crippen LogP contribution in [0.15, 0.2) is 47.9 Å². The molecule has 2 aromatic rings. The lowest BCUT2D eigenvalue weighted by Crippen LogP contribution is -2.26. The van der Waals surface area contributed by atoms with E-state index in [9.17, 15) is 4.79 Å². The van der Waals surface area contributed by atoms with E-state index < -0.39 is 0 Å². The number of fused-ring (bicyclic) bond motifs is 1. The molecule has 2 heterocycles. The summed E-state index contributed by atoms with van der Waals surface area (Å²) in [4.78, 5) is 17.6. The van der Waals surface area contributed by atoms with E-state index in [1.54, 1.807) is 11.3 Å². The molecule has 2 fully saturated rings. The molecule has 1 aromatic heterocycles. The summed E-state index contributed by atoms with van der Waals surface area (Å²) >= 11 is 1.61. The number of hydrogen-bond acceptors (Lipinski definition) is 4. The number of piperidine rings is 1. The number of nitrogens with one attached hydrogen (secondary N) is 2. The molecule has 4 nitrogen and oxygen atoms in total. The minimum atomic E-state index is -0.122. The molecule has 2 unspecified atom stereocenters. The third-order valence-corrected chi connectivity index (χ3v) is 7.75. The number of amides is 1. The fourth-order valence-electron chi connectivity index (χ4n) is 4.68. The van der Waals surface area contributed by atoms with E-state index in [0.29, 0.717) is 22.9 Å². The van der Waals surface area contributed by atoms with E-state index in [0.717, 1.165) is 42.2 Å². The fraction of sp³-hybridized carbons (Fsp3) is 0.417.